The smallest absolute Gasteiger partial charge is 0.240 e. The Kier molecular flexibility index (Phi) is 7.23. The van der Waals surface area contributed by atoms with Crippen LogP contribution in [-0.4, -0.2) is 22.1 Å². The zero-order valence-electron chi connectivity index (χ0n) is 13.9. The molecule has 0 bridgehead atoms. The van der Waals surface area contributed by atoms with E-state index in [-0.39, 0.29) is 23.8 Å². The first-order valence-electron chi connectivity index (χ1n) is 7.30. The molecule has 2 rings (SSSR count). The highest BCUT2D eigenvalue weighted by Gasteiger charge is 2.19. The van der Waals surface area contributed by atoms with Gasteiger partial charge in [-0.25, -0.2) is 13.1 Å². The third kappa shape index (κ3) is 4.70. The van der Waals surface area contributed by atoms with Gasteiger partial charge in [-0.05, 0) is 42.7 Å². The fourth-order valence-electron chi connectivity index (χ4n) is 2.37. The first-order chi connectivity index (χ1) is 10.8. The Bertz CT molecular complexity index is 780. The third-order valence-electron chi connectivity index (χ3n) is 3.70. The molecule has 0 aliphatic carbocycles. The molecule has 0 heterocycles. The van der Waals surface area contributed by atoms with Gasteiger partial charge in [0.05, 0.1) is 12.0 Å². The normalized spacial score (nSPS) is 12.3. The van der Waals surface area contributed by atoms with Crippen LogP contribution in [0.1, 0.15) is 22.7 Å². The van der Waals surface area contributed by atoms with Crippen molar-refractivity contribution in [1.82, 2.24) is 4.72 Å². The first kappa shape index (κ1) is 20.4. The van der Waals surface area contributed by atoms with E-state index in [2.05, 4.69) is 4.72 Å². The molecule has 2 aromatic rings. The summed E-state index contributed by atoms with van der Waals surface area (Å²) in [5.74, 6) is 0.669. The maximum absolute atomic E-state index is 12.5. The molecule has 24 heavy (non-hydrogen) atoms. The summed E-state index contributed by atoms with van der Waals surface area (Å²) < 4.78 is 32.9. The van der Waals surface area contributed by atoms with E-state index in [4.69, 9.17) is 10.5 Å². The molecule has 7 heteroatoms. The lowest BCUT2D eigenvalue weighted by Crippen LogP contribution is -2.32. The standard InChI is InChI=1S/C17H22N2O3S.ClH/c1-12-10-17(13(2)9-16(12)22-3)23(20,21)19-11-15(18)14-7-5-4-6-8-14;/h4-10,15,19H,11,18H2,1-3H3;1H. The second-order valence-electron chi connectivity index (χ2n) is 5.46. The van der Waals surface area contributed by atoms with Crippen LogP contribution in [0.15, 0.2) is 47.4 Å². The molecule has 2 aromatic carbocycles. The van der Waals surface area contributed by atoms with Gasteiger partial charge in [-0.3, -0.25) is 0 Å². The van der Waals surface area contributed by atoms with E-state index < -0.39 is 16.1 Å². The molecule has 0 amide bonds. The van der Waals surface area contributed by atoms with E-state index in [1.54, 1.807) is 26.2 Å². The highest BCUT2D eigenvalue weighted by Crippen LogP contribution is 2.25. The van der Waals surface area contributed by atoms with Crippen molar-refractivity contribution in [2.75, 3.05) is 13.7 Å². The Labute approximate surface area is 149 Å². The van der Waals surface area contributed by atoms with Gasteiger partial charge in [-0.15, -0.1) is 12.4 Å². The zero-order valence-corrected chi connectivity index (χ0v) is 15.6. The summed E-state index contributed by atoms with van der Waals surface area (Å²) >= 11 is 0. The summed E-state index contributed by atoms with van der Waals surface area (Å²) in [6.07, 6.45) is 0. The molecular weight excluding hydrogens is 348 g/mol. The van der Waals surface area contributed by atoms with Gasteiger partial charge in [0.1, 0.15) is 5.75 Å². The summed E-state index contributed by atoms with van der Waals surface area (Å²) in [5, 5.41) is 0. The highest BCUT2D eigenvalue weighted by molar-refractivity contribution is 7.89. The van der Waals surface area contributed by atoms with Crippen LogP contribution in [-0.2, 0) is 10.0 Å². The molecule has 0 radical (unpaired) electrons. The molecule has 3 N–H and O–H groups in total. The molecule has 132 valence electrons. The van der Waals surface area contributed by atoms with Crippen LogP contribution in [0.2, 0.25) is 0 Å². The number of methoxy groups -OCH3 is 1. The number of nitrogens with two attached hydrogens (primary N) is 1. The third-order valence-corrected chi connectivity index (χ3v) is 5.27. The number of ether oxygens (including phenoxy) is 1. The van der Waals surface area contributed by atoms with Gasteiger partial charge in [0.25, 0.3) is 0 Å². The monoisotopic (exact) mass is 370 g/mol. The van der Waals surface area contributed by atoms with Crippen LogP contribution in [0, 0.1) is 13.8 Å². The summed E-state index contributed by atoms with van der Waals surface area (Å²) in [4.78, 5) is 0.246. The van der Waals surface area contributed by atoms with Crippen molar-refractivity contribution >= 4 is 22.4 Å². The molecule has 0 aliphatic rings. The second-order valence-corrected chi connectivity index (χ2v) is 7.19. The molecule has 0 aromatic heterocycles. The van der Waals surface area contributed by atoms with Crippen LogP contribution in [0.25, 0.3) is 0 Å². The summed E-state index contributed by atoms with van der Waals surface area (Å²) in [7, 11) is -2.06. The van der Waals surface area contributed by atoms with Crippen LogP contribution < -0.4 is 15.2 Å². The van der Waals surface area contributed by atoms with E-state index in [1.165, 1.54) is 0 Å². The number of halogens is 1. The predicted octanol–water partition coefficient (Wildman–Crippen LogP) is 2.71. The van der Waals surface area contributed by atoms with Gasteiger partial charge < -0.3 is 10.5 Å². The van der Waals surface area contributed by atoms with E-state index in [0.29, 0.717) is 11.3 Å². The lowest BCUT2D eigenvalue weighted by molar-refractivity contribution is 0.411. The number of hydrogen-bond donors (Lipinski definition) is 2. The van der Waals surface area contributed by atoms with Gasteiger partial charge in [0.15, 0.2) is 0 Å². The van der Waals surface area contributed by atoms with Gasteiger partial charge in [0, 0.05) is 12.6 Å². The predicted molar refractivity (Wildman–Crippen MR) is 98.3 cm³/mol. The van der Waals surface area contributed by atoms with E-state index in [1.807, 2.05) is 37.3 Å². The van der Waals surface area contributed by atoms with Crippen molar-refractivity contribution in [3.05, 3.63) is 59.2 Å². The van der Waals surface area contributed by atoms with Crippen molar-refractivity contribution in [3.8, 4) is 5.75 Å². The highest BCUT2D eigenvalue weighted by atomic mass is 35.5. The molecule has 0 spiro atoms. The van der Waals surface area contributed by atoms with Gasteiger partial charge in [0.2, 0.25) is 10.0 Å². The average molecular weight is 371 g/mol. The van der Waals surface area contributed by atoms with Crippen molar-refractivity contribution in [3.63, 3.8) is 0 Å². The van der Waals surface area contributed by atoms with Crippen molar-refractivity contribution in [2.24, 2.45) is 5.73 Å². The maximum Gasteiger partial charge on any atom is 0.240 e. The van der Waals surface area contributed by atoms with Crippen molar-refractivity contribution in [1.29, 1.82) is 0 Å². The number of benzene rings is 2. The quantitative estimate of drug-likeness (QED) is 0.819. The largest absolute Gasteiger partial charge is 0.496 e. The maximum atomic E-state index is 12.5. The van der Waals surface area contributed by atoms with Crippen LogP contribution in [0.4, 0.5) is 0 Å². The Morgan fingerprint density at radius 1 is 1.12 bits per heavy atom. The molecule has 1 unspecified atom stereocenters. The number of rotatable bonds is 6. The Balaban J connectivity index is 0.00000288. The Hall–Kier alpha value is -1.60. The SMILES string of the molecule is COc1cc(C)c(S(=O)(=O)NCC(N)c2ccccc2)cc1C.Cl. The molecule has 0 aliphatic heterocycles. The summed E-state index contributed by atoms with van der Waals surface area (Å²) in [6, 6.07) is 12.3. The molecule has 5 nitrogen and oxygen atoms in total. The van der Waals surface area contributed by atoms with Crippen molar-refractivity contribution in [2.45, 2.75) is 24.8 Å². The fraction of sp³-hybridized carbons (Fsp3) is 0.294. The van der Waals surface area contributed by atoms with Crippen LogP contribution >= 0.6 is 12.4 Å². The Morgan fingerprint density at radius 3 is 2.33 bits per heavy atom. The second kappa shape index (κ2) is 8.48. The molecular formula is C17H23ClN2O3S. The zero-order chi connectivity index (χ0) is 17.0. The van der Waals surface area contributed by atoms with Gasteiger partial charge >= 0.3 is 0 Å². The van der Waals surface area contributed by atoms with Crippen LogP contribution in [0.3, 0.4) is 0 Å². The Morgan fingerprint density at radius 2 is 1.75 bits per heavy atom. The number of hydrogen-bond acceptors (Lipinski definition) is 4. The minimum absolute atomic E-state index is 0. The number of sulfonamides is 1. The van der Waals surface area contributed by atoms with E-state index in [0.717, 1.165) is 11.1 Å². The topological polar surface area (TPSA) is 81.4 Å². The summed E-state index contributed by atoms with van der Waals surface area (Å²) in [5.41, 5.74) is 8.34. The van der Waals surface area contributed by atoms with Gasteiger partial charge in [-0.2, -0.15) is 0 Å². The first-order valence-corrected chi connectivity index (χ1v) is 8.79. The molecule has 0 fully saturated rings. The molecule has 0 saturated heterocycles. The number of aryl methyl sites for hydroxylation is 2. The van der Waals surface area contributed by atoms with E-state index in [9.17, 15) is 8.42 Å². The molecule has 1 atom stereocenters. The average Bonchev–Trinajstić information content (AvgIpc) is 2.55. The minimum Gasteiger partial charge on any atom is -0.496 e. The minimum atomic E-state index is -3.63. The van der Waals surface area contributed by atoms with Crippen molar-refractivity contribution < 1.29 is 13.2 Å². The van der Waals surface area contributed by atoms with E-state index >= 15 is 0 Å². The molecule has 0 saturated carbocycles. The van der Waals surface area contributed by atoms with Gasteiger partial charge in [-0.1, -0.05) is 30.3 Å². The van der Waals surface area contributed by atoms with Crippen LogP contribution in [0.5, 0.6) is 5.75 Å². The lowest BCUT2D eigenvalue weighted by Gasteiger charge is -2.16. The number of nitrogens with one attached hydrogen (secondary N) is 1. The lowest BCUT2D eigenvalue weighted by atomic mass is 10.1. The fourth-order valence-corrected chi connectivity index (χ4v) is 3.74. The summed E-state index contributed by atoms with van der Waals surface area (Å²) in [6.45, 7) is 3.69.